The van der Waals surface area contributed by atoms with Gasteiger partial charge in [-0.2, -0.15) is 0 Å². The fourth-order valence-corrected chi connectivity index (χ4v) is 2.41. The average molecular weight is 297 g/mol. The number of rotatable bonds is 4. The van der Waals surface area contributed by atoms with Gasteiger partial charge in [0.15, 0.2) is 0 Å². The second kappa shape index (κ2) is 5.72. The zero-order valence-electron chi connectivity index (χ0n) is 11.4. The van der Waals surface area contributed by atoms with E-state index in [0.717, 1.165) is 12.1 Å². The number of quaternary nitrogens is 1. The standard InChI is InChI=1S/C12H15N3O6/c1-9(15(20)4-6-21-7-5-15)10-2-3-11(13(16)17)12(8-10)14(18)19/h2-3,8-9H,4-7H2,1H3. The highest BCUT2D eigenvalue weighted by Gasteiger charge is 2.32. The maximum Gasteiger partial charge on any atom is 0.346 e. The van der Waals surface area contributed by atoms with Gasteiger partial charge in [-0.15, -0.1) is 0 Å². The highest BCUT2D eigenvalue weighted by Crippen LogP contribution is 2.34. The fraction of sp³-hybridized carbons (Fsp3) is 0.500. The number of nitro groups is 2. The molecule has 1 heterocycles. The molecule has 1 aromatic rings. The molecule has 0 aliphatic carbocycles. The normalized spacial score (nSPS) is 19.0. The van der Waals surface area contributed by atoms with Crippen molar-refractivity contribution in [2.75, 3.05) is 26.3 Å². The minimum atomic E-state index is -0.803. The zero-order valence-corrected chi connectivity index (χ0v) is 11.4. The van der Waals surface area contributed by atoms with Crippen LogP contribution in [0.3, 0.4) is 0 Å². The number of hydroxylamine groups is 3. The molecule has 0 radical (unpaired) electrons. The van der Waals surface area contributed by atoms with Crippen LogP contribution >= 0.6 is 0 Å². The van der Waals surface area contributed by atoms with E-state index in [2.05, 4.69) is 0 Å². The lowest BCUT2D eigenvalue weighted by Gasteiger charge is -2.49. The lowest BCUT2D eigenvalue weighted by molar-refractivity contribution is -0.916. The van der Waals surface area contributed by atoms with Gasteiger partial charge >= 0.3 is 11.4 Å². The van der Waals surface area contributed by atoms with Crippen LogP contribution in [0.1, 0.15) is 18.5 Å². The number of nitro benzene ring substituents is 2. The van der Waals surface area contributed by atoms with Crippen molar-refractivity contribution in [1.82, 2.24) is 0 Å². The Morgan fingerprint density at radius 1 is 1.14 bits per heavy atom. The second-order valence-electron chi connectivity index (χ2n) is 4.95. The van der Waals surface area contributed by atoms with Crippen molar-refractivity contribution in [2.45, 2.75) is 13.0 Å². The van der Waals surface area contributed by atoms with Crippen molar-refractivity contribution in [2.24, 2.45) is 0 Å². The van der Waals surface area contributed by atoms with Gasteiger partial charge in [-0.1, -0.05) is 0 Å². The fourth-order valence-electron chi connectivity index (χ4n) is 2.41. The number of nitrogens with zero attached hydrogens (tertiary/aromatic N) is 3. The molecule has 1 aromatic carbocycles. The Hall–Kier alpha value is -2.10. The van der Waals surface area contributed by atoms with Gasteiger partial charge in [0.2, 0.25) is 0 Å². The smallest absolute Gasteiger partial charge is 0.346 e. The van der Waals surface area contributed by atoms with Crippen molar-refractivity contribution >= 4 is 11.4 Å². The van der Waals surface area contributed by atoms with Crippen molar-refractivity contribution in [1.29, 1.82) is 0 Å². The summed E-state index contributed by atoms with van der Waals surface area (Å²) in [5, 5.41) is 34.4. The van der Waals surface area contributed by atoms with E-state index in [1.54, 1.807) is 6.92 Å². The first kappa shape index (κ1) is 15.3. The molecule has 9 heteroatoms. The van der Waals surface area contributed by atoms with E-state index < -0.39 is 31.9 Å². The topological polar surface area (TPSA) is 119 Å². The van der Waals surface area contributed by atoms with Gasteiger partial charge in [-0.05, 0) is 13.0 Å². The molecule has 1 unspecified atom stereocenters. The molecule has 0 bridgehead atoms. The summed E-state index contributed by atoms with van der Waals surface area (Å²) in [5.41, 5.74) is -0.746. The summed E-state index contributed by atoms with van der Waals surface area (Å²) >= 11 is 0. The number of morpholine rings is 1. The van der Waals surface area contributed by atoms with Crippen LogP contribution < -0.4 is 0 Å². The molecule has 1 fully saturated rings. The van der Waals surface area contributed by atoms with E-state index in [9.17, 15) is 25.4 Å². The van der Waals surface area contributed by atoms with Crippen LogP contribution in [0.15, 0.2) is 18.2 Å². The number of benzene rings is 1. The number of ether oxygens (including phenoxy) is 1. The van der Waals surface area contributed by atoms with E-state index in [-0.39, 0.29) is 13.1 Å². The summed E-state index contributed by atoms with van der Waals surface area (Å²) < 4.78 is 4.60. The van der Waals surface area contributed by atoms with Gasteiger partial charge in [-0.25, -0.2) is 0 Å². The number of hydrogen-bond acceptors (Lipinski definition) is 6. The van der Waals surface area contributed by atoms with Crippen LogP contribution in [0.2, 0.25) is 0 Å². The Bertz CT molecular complexity index is 570. The van der Waals surface area contributed by atoms with Gasteiger partial charge in [-0.3, -0.25) is 20.2 Å². The molecule has 0 amide bonds. The predicted molar refractivity (Wildman–Crippen MR) is 72.3 cm³/mol. The van der Waals surface area contributed by atoms with Crippen molar-refractivity contribution in [3.8, 4) is 0 Å². The van der Waals surface area contributed by atoms with Crippen LogP contribution in [0.4, 0.5) is 11.4 Å². The van der Waals surface area contributed by atoms with E-state index in [4.69, 9.17) is 4.74 Å². The Morgan fingerprint density at radius 2 is 1.71 bits per heavy atom. The third-order valence-corrected chi connectivity index (χ3v) is 3.81. The Balaban J connectivity index is 2.38. The van der Waals surface area contributed by atoms with Crippen LogP contribution in [-0.2, 0) is 4.74 Å². The summed E-state index contributed by atoms with van der Waals surface area (Å²) in [4.78, 5) is 20.1. The van der Waals surface area contributed by atoms with E-state index >= 15 is 0 Å². The Labute approximate surface area is 120 Å². The maximum atomic E-state index is 12.7. The maximum absolute atomic E-state index is 12.7. The molecule has 1 aliphatic rings. The van der Waals surface area contributed by atoms with Gasteiger partial charge in [0.05, 0.1) is 23.1 Å². The van der Waals surface area contributed by atoms with Crippen molar-refractivity contribution in [3.05, 3.63) is 49.2 Å². The minimum absolute atomic E-state index is 0.256. The summed E-state index contributed by atoms with van der Waals surface area (Å²) in [6.45, 7) is 2.85. The molecule has 0 aromatic heterocycles. The molecule has 21 heavy (non-hydrogen) atoms. The Kier molecular flexibility index (Phi) is 4.16. The molecule has 114 valence electrons. The van der Waals surface area contributed by atoms with E-state index in [1.807, 2.05) is 0 Å². The van der Waals surface area contributed by atoms with Crippen LogP contribution in [-0.4, -0.2) is 40.8 Å². The molecule has 9 nitrogen and oxygen atoms in total. The largest absolute Gasteiger partial charge is 0.632 e. The first-order chi connectivity index (χ1) is 9.85. The van der Waals surface area contributed by atoms with Gasteiger partial charge < -0.3 is 14.6 Å². The predicted octanol–water partition coefficient (Wildman–Crippen LogP) is 1.91. The van der Waals surface area contributed by atoms with Crippen LogP contribution in [0.25, 0.3) is 0 Å². The first-order valence-electron chi connectivity index (χ1n) is 6.43. The highest BCUT2D eigenvalue weighted by atomic mass is 16.6. The third kappa shape index (κ3) is 2.99. The Morgan fingerprint density at radius 3 is 2.24 bits per heavy atom. The van der Waals surface area contributed by atoms with E-state index in [1.165, 1.54) is 6.07 Å². The van der Waals surface area contributed by atoms with E-state index in [0.29, 0.717) is 18.8 Å². The lowest BCUT2D eigenvalue weighted by Crippen LogP contribution is -2.51. The third-order valence-electron chi connectivity index (χ3n) is 3.81. The van der Waals surface area contributed by atoms with Gasteiger partial charge in [0.25, 0.3) is 0 Å². The van der Waals surface area contributed by atoms with Gasteiger partial charge in [0.1, 0.15) is 19.1 Å². The average Bonchev–Trinajstić information content (AvgIpc) is 2.46. The summed E-state index contributed by atoms with van der Waals surface area (Å²) in [6.07, 6.45) is 0. The van der Waals surface area contributed by atoms with Crippen LogP contribution in [0, 0.1) is 25.4 Å². The van der Waals surface area contributed by atoms with Crippen molar-refractivity contribution < 1.29 is 19.2 Å². The van der Waals surface area contributed by atoms with Gasteiger partial charge in [0, 0.05) is 17.7 Å². The van der Waals surface area contributed by atoms with Crippen LogP contribution in [0.5, 0.6) is 0 Å². The molecule has 0 N–H and O–H groups in total. The monoisotopic (exact) mass is 297 g/mol. The highest BCUT2D eigenvalue weighted by molar-refractivity contribution is 5.54. The number of hydrogen-bond donors (Lipinski definition) is 0. The molecule has 1 aliphatic heterocycles. The SMILES string of the molecule is CC(c1ccc([N+](=O)[O-])c([N+](=O)[O-])c1)[N+]1([O-])CCOCC1. The molecule has 0 spiro atoms. The zero-order chi connectivity index (χ0) is 15.6. The quantitative estimate of drug-likeness (QED) is 0.362. The molecule has 0 saturated carbocycles. The molecular weight excluding hydrogens is 282 g/mol. The lowest BCUT2D eigenvalue weighted by atomic mass is 10.0. The molecule has 1 saturated heterocycles. The second-order valence-corrected chi connectivity index (χ2v) is 4.95. The molecule has 1 atom stereocenters. The summed E-state index contributed by atoms with van der Waals surface area (Å²) in [5.74, 6) is 0. The summed E-state index contributed by atoms with van der Waals surface area (Å²) in [6, 6.07) is 3.06. The molecule has 2 rings (SSSR count). The summed E-state index contributed by atoms with van der Waals surface area (Å²) in [7, 11) is 0. The van der Waals surface area contributed by atoms with Crippen molar-refractivity contribution in [3.63, 3.8) is 0 Å². The first-order valence-corrected chi connectivity index (χ1v) is 6.43. The minimum Gasteiger partial charge on any atom is -0.632 e. The molecular formula is C12H15N3O6.